The van der Waals surface area contributed by atoms with Crippen molar-refractivity contribution in [1.82, 2.24) is 0 Å². The highest BCUT2D eigenvalue weighted by molar-refractivity contribution is 6.15. The predicted octanol–water partition coefficient (Wildman–Crippen LogP) is 0.818. The van der Waals surface area contributed by atoms with Gasteiger partial charge in [-0.15, -0.1) is 0 Å². The van der Waals surface area contributed by atoms with Crippen LogP contribution in [-0.4, -0.2) is 11.8 Å². The summed E-state index contributed by atoms with van der Waals surface area (Å²) in [6, 6.07) is 0. The molecule has 0 saturated heterocycles. The molecule has 0 aliphatic carbocycles. The van der Waals surface area contributed by atoms with Gasteiger partial charge in [0, 0.05) is 0 Å². The maximum absolute atomic E-state index is 10.6. The average Bonchev–Trinajstić information content (AvgIpc) is 1.87. The lowest BCUT2D eigenvalue weighted by Gasteiger charge is -1.96. The molecule has 3 nitrogen and oxygen atoms in total. The van der Waals surface area contributed by atoms with E-state index in [1.165, 1.54) is 6.92 Å². The van der Waals surface area contributed by atoms with Gasteiger partial charge >= 0.3 is 5.97 Å². The number of Topliss-reactive ketones (excluding diaryl/α,β-unsaturated/α-hetero) is 1. The number of ether oxygens (including phenoxy) is 1. The van der Waals surface area contributed by atoms with Crippen LogP contribution < -0.4 is 0 Å². The molecule has 0 aromatic rings. The largest absolute Gasteiger partial charge is 0.431 e. The van der Waals surface area contributed by atoms with E-state index >= 15 is 0 Å². The zero-order valence-electron chi connectivity index (χ0n) is 5.72. The van der Waals surface area contributed by atoms with E-state index in [4.69, 9.17) is 0 Å². The van der Waals surface area contributed by atoms with Crippen molar-refractivity contribution in [2.75, 3.05) is 0 Å². The molecule has 54 valence electrons. The molecule has 0 aliphatic rings. The molecule has 0 bridgehead atoms. The number of carbonyl (C=O) groups excluding carboxylic acids is 2. The Balaban J connectivity index is 4.08. The Morgan fingerprint density at radius 1 is 1.50 bits per heavy atom. The van der Waals surface area contributed by atoms with E-state index in [9.17, 15) is 9.59 Å². The Morgan fingerprint density at radius 3 is 2.30 bits per heavy atom. The Kier molecular flexibility index (Phi) is 3.11. The minimum absolute atomic E-state index is 0.167. The first-order valence-corrected chi connectivity index (χ1v) is 2.61. The Labute approximate surface area is 59.0 Å². The Morgan fingerprint density at radius 2 is 2.00 bits per heavy atom. The summed E-state index contributed by atoms with van der Waals surface area (Å²) >= 11 is 0. The minimum Gasteiger partial charge on any atom is -0.431 e. The van der Waals surface area contributed by atoms with Crippen molar-refractivity contribution >= 4 is 11.8 Å². The van der Waals surface area contributed by atoms with Gasteiger partial charge in [0.05, 0.1) is 11.8 Å². The molecular weight excluding hydrogens is 132 g/mol. The van der Waals surface area contributed by atoms with Gasteiger partial charge in [-0.3, -0.25) is 4.79 Å². The maximum atomic E-state index is 10.6. The van der Waals surface area contributed by atoms with E-state index in [0.717, 1.165) is 6.26 Å². The molecule has 0 fully saturated rings. The third kappa shape index (κ3) is 2.26. The zero-order valence-corrected chi connectivity index (χ0v) is 5.72. The SMILES string of the molecule is C=COC(=O)C(=C)C(C)=O. The van der Waals surface area contributed by atoms with Gasteiger partial charge in [-0.25, -0.2) is 4.79 Å². The highest BCUT2D eigenvalue weighted by atomic mass is 16.5. The quantitative estimate of drug-likeness (QED) is 0.191. The molecule has 0 saturated carbocycles. The summed E-state index contributed by atoms with van der Waals surface area (Å²) in [7, 11) is 0. The lowest BCUT2D eigenvalue weighted by Crippen LogP contribution is -2.09. The van der Waals surface area contributed by atoms with Gasteiger partial charge in [0.1, 0.15) is 0 Å². The molecule has 0 N–H and O–H groups in total. The fourth-order valence-corrected chi connectivity index (χ4v) is 0.291. The molecule has 0 aromatic heterocycles. The standard InChI is InChI=1S/C7H8O3/c1-4-10-7(9)5(2)6(3)8/h4H,1-2H2,3H3. The van der Waals surface area contributed by atoms with Gasteiger partial charge < -0.3 is 4.74 Å². The van der Waals surface area contributed by atoms with Crippen LogP contribution in [0, 0.1) is 0 Å². The zero-order chi connectivity index (χ0) is 8.15. The normalized spacial score (nSPS) is 8.10. The summed E-state index contributed by atoms with van der Waals surface area (Å²) < 4.78 is 4.27. The van der Waals surface area contributed by atoms with Crippen molar-refractivity contribution in [2.24, 2.45) is 0 Å². The van der Waals surface area contributed by atoms with Crippen LogP contribution in [-0.2, 0) is 14.3 Å². The summed E-state index contributed by atoms with van der Waals surface area (Å²) in [5.41, 5.74) is -0.167. The number of carbonyl (C=O) groups is 2. The molecule has 0 heterocycles. The average molecular weight is 140 g/mol. The summed E-state index contributed by atoms with van der Waals surface area (Å²) in [5.74, 6) is -1.14. The van der Waals surface area contributed by atoms with Crippen molar-refractivity contribution in [3.8, 4) is 0 Å². The van der Waals surface area contributed by atoms with Crippen molar-refractivity contribution in [3.05, 3.63) is 25.0 Å². The van der Waals surface area contributed by atoms with Gasteiger partial charge in [-0.1, -0.05) is 13.2 Å². The third-order valence-corrected chi connectivity index (χ3v) is 0.862. The third-order valence-electron chi connectivity index (χ3n) is 0.862. The van der Waals surface area contributed by atoms with Crippen molar-refractivity contribution in [1.29, 1.82) is 0 Å². The van der Waals surface area contributed by atoms with Crippen molar-refractivity contribution in [2.45, 2.75) is 6.92 Å². The lowest BCUT2D eigenvalue weighted by atomic mass is 10.2. The number of ketones is 1. The summed E-state index contributed by atoms with van der Waals surface area (Å²) in [6.07, 6.45) is 0.955. The highest BCUT2D eigenvalue weighted by Crippen LogP contribution is 1.95. The fourth-order valence-electron chi connectivity index (χ4n) is 0.291. The first-order valence-electron chi connectivity index (χ1n) is 2.61. The van der Waals surface area contributed by atoms with Crippen molar-refractivity contribution in [3.63, 3.8) is 0 Å². The van der Waals surface area contributed by atoms with Crippen LogP contribution in [0.2, 0.25) is 0 Å². The molecular formula is C7H8O3. The van der Waals surface area contributed by atoms with Crippen LogP contribution in [0.25, 0.3) is 0 Å². The summed E-state index contributed by atoms with van der Waals surface area (Å²) in [6.45, 7) is 7.59. The molecule has 0 atom stereocenters. The molecule has 0 spiro atoms. The number of hydrogen-bond acceptors (Lipinski definition) is 3. The van der Waals surface area contributed by atoms with Crippen LogP contribution in [0.1, 0.15) is 6.92 Å². The molecule has 10 heavy (non-hydrogen) atoms. The van der Waals surface area contributed by atoms with Gasteiger partial charge in [-0.05, 0) is 6.92 Å². The molecule has 0 unspecified atom stereocenters. The highest BCUT2D eigenvalue weighted by Gasteiger charge is 2.10. The van der Waals surface area contributed by atoms with Gasteiger partial charge in [0.2, 0.25) is 0 Å². The van der Waals surface area contributed by atoms with Crippen LogP contribution in [0.5, 0.6) is 0 Å². The topological polar surface area (TPSA) is 43.4 Å². The van der Waals surface area contributed by atoms with Crippen molar-refractivity contribution < 1.29 is 14.3 Å². The van der Waals surface area contributed by atoms with Crippen LogP contribution >= 0.6 is 0 Å². The van der Waals surface area contributed by atoms with Gasteiger partial charge in [0.15, 0.2) is 5.78 Å². The maximum Gasteiger partial charge on any atom is 0.345 e. The molecule has 0 aliphatic heterocycles. The second-order valence-corrected chi connectivity index (χ2v) is 1.61. The van der Waals surface area contributed by atoms with Gasteiger partial charge in [0.25, 0.3) is 0 Å². The fraction of sp³-hybridized carbons (Fsp3) is 0.143. The number of hydrogen-bond donors (Lipinski definition) is 0. The van der Waals surface area contributed by atoms with Crippen LogP contribution in [0.15, 0.2) is 25.0 Å². The smallest absolute Gasteiger partial charge is 0.345 e. The van der Waals surface area contributed by atoms with E-state index in [1.807, 2.05) is 0 Å². The molecule has 0 aromatic carbocycles. The van der Waals surface area contributed by atoms with E-state index in [-0.39, 0.29) is 5.57 Å². The monoisotopic (exact) mass is 140 g/mol. The minimum atomic E-state index is -0.748. The Bertz CT molecular complexity index is 191. The van der Waals surface area contributed by atoms with E-state index in [1.54, 1.807) is 0 Å². The van der Waals surface area contributed by atoms with Crippen LogP contribution in [0.4, 0.5) is 0 Å². The first kappa shape index (κ1) is 8.62. The van der Waals surface area contributed by atoms with Crippen LogP contribution in [0.3, 0.4) is 0 Å². The second kappa shape index (κ2) is 3.61. The second-order valence-electron chi connectivity index (χ2n) is 1.61. The summed E-state index contributed by atoms with van der Waals surface area (Å²) in [5, 5.41) is 0. The molecule has 0 amide bonds. The number of rotatable bonds is 3. The van der Waals surface area contributed by atoms with Gasteiger partial charge in [-0.2, -0.15) is 0 Å². The molecule has 0 radical (unpaired) electrons. The molecule has 3 heteroatoms. The number of esters is 1. The lowest BCUT2D eigenvalue weighted by molar-refractivity contribution is -0.135. The van der Waals surface area contributed by atoms with E-state index < -0.39 is 11.8 Å². The molecule has 0 rings (SSSR count). The first-order chi connectivity index (χ1) is 4.59. The van der Waals surface area contributed by atoms with E-state index in [2.05, 4.69) is 17.9 Å². The Hall–Kier alpha value is -1.38. The summed E-state index contributed by atoms with van der Waals surface area (Å²) in [4.78, 5) is 21.0. The predicted molar refractivity (Wildman–Crippen MR) is 36.1 cm³/mol. The van der Waals surface area contributed by atoms with E-state index in [0.29, 0.717) is 0 Å².